The fourth-order valence-corrected chi connectivity index (χ4v) is 9.41. The van der Waals surface area contributed by atoms with Gasteiger partial charge in [0.1, 0.15) is 13.2 Å². The number of ether oxygens (including phenoxy) is 3. The molecule has 6 heteroatoms. The molecule has 0 saturated carbocycles. The summed E-state index contributed by atoms with van der Waals surface area (Å²) in [5.41, 5.74) is 0. The maximum atomic E-state index is 12.9. The molecule has 6 nitrogen and oxygen atoms in total. The number of hydrogen-bond donors (Lipinski definition) is 0. The van der Waals surface area contributed by atoms with E-state index < -0.39 is 6.10 Å². The van der Waals surface area contributed by atoms with E-state index in [1.54, 1.807) is 0 Å². The summed E-state index contributed by atoms with van der Waals surface area (Å²) in [4.78, 5) is 38.3. The van der Waals surface area contributed by atoms with E-state index in [-0.39, 0.29) is 31.1 Å². The summed E-state index contributed by atoms with van der Waals surface area (Å²) in [6.07, 6.45) is 76.9. The fourth-order valence-electron chi connectivity index (χ4n) is 9.41. The van der Waals surface area contributed by atoms with Gasteiger partial charge in [-0.1, -0.05) is 268 Å². The van der Waals surface area contributed by atoms with Gasteiger partial charge in [0.25, 0.3) is 0 Å². The lowest BCUT2D eigenvalue weighted by atomic mass is 10.0. The molecule has 0 rings (SSSR count). The molecule has 0 heterocycles. The van der Waals surface area contributed by atoms with Gasteiger partial charge in [-0.2, -0.15) is 0 Å². The molecular weight excluding hydrogens is 901 g/mol. The topological polar surface area (TPSA) is 78.9 Å². The van der Waals surface area contributed by atoms with Crippen LogP contribution in [0.3, 0.4) is 0 Å². The SMILES string of the molecule is CCCCCC/C=C\CCCCCCCC(=O)OCC(COC(=O)CCCCCCCCCCCCCCC/C=C\C/C=C\CCCCCCC)OC(=O)CCCCCCCCC/C=C\CCCCCCCC. The molecule has 0 aliphatic heterocycles. The number of unbranched alkanes of at least 4 members (excludes halogenated alkanes) is 40. The highest BCUT2D eigenvalue weighted by atomic mass is 16.6. The Balaban J connectivity index is 4.27. The normalized spacial score (nSPS) is 12.3. The molecule has 0 amide bonds. The zero-order chi connectivity index (χ0) is 52.9. The third kappa shape index (κ3) is 60.1. The van der Waals surface area contributed by atoms with Gasteiger partial charge < -0.3 is 14.2 Å². The Morgan fingerprint density at radius 3 is 0.781 bits per heavy atom. The van der Waals surface area contributed by atoms with Gasteiger partial charge in [0.2, 0.25) is 0 Å². The van der Waals surface area contributed by atoms with Gasteiger partial charge in [-0.25, -0.2) is 0 Å². The van der Waals surface area contributed by atoms with E-state index in [1.807, 2.05) is 0 Å². The smallest absolute Gasteiger partial charge is 0.306 e. The first kappa shape index (κ1) is 70.4. The molecule has 0 aromatic rings. The number of esters is 3. The molecular formula is C67H122O6. The lowest BCUT2D eigenvalue weighted by Gasteiger charge is -2.18. The maximum absolute atomic E-state index is 12.9. The quantitative estimate of drug-likeness (QED) is 0.0261. The van der Waals surface area contributed by atoms with Crippen LogP contribution in [0, 0.1) is 0 Å². The van der Waals surface area contributed by atoms with Crippen LogP contribution in [-0.2, 0) is 28.6 Å². The van der Waals surface area contributed by atoms with Crippen molar-refractivity contribution in [2.45, 2.75) is 348 Å². The third-order valence-electron chi connectivity index (χ3n) is 14.3. The molecule has 0 spiro atoms. The first-order valence-electron chi connectivity index (χ1n) is 32.1. The van der Waals surface area contributed by atoms with Gasteiger partial charge in [0.15, 0.2) is 6.10 Å². The summed E-state index contributed by atoms with van der Waals surface area (Å²) >= 11 is 0. The Morgan fingerprint density at radius 2 is 0.493 bits per heavy atom. The molecule has 0 aliphatic rings. The molecule has 0 aliphatic carbocycles. The highest BCUT2D eigenvalue weighted by molar-refractivity contribution is 5.71. The molecule has 0 radical (unpaired) electrons. The van der Waals surface area contributed by atoms with Crippen molar-refractivity contribution >= 4 is 17.9 Å². The van der Waals surface area contributed by atoms with Gasteiger partial charge in [0.05, 0.1) is 0 Å². The monoisotopic (exact) mass is 1020 g/mol. The van der Waals surface area contributed by atoms with E-state index in [2.05, 4.69) is 69.4 Å². The highest BCUT2D eigenvalue weighted by Crippen LogP contribution is 2.17. The van der Waals surface area contributed by atoms with Crippen LogP contribution in [0.2, 0.25) is 0 Å². The summed E-state index contributed by atoms with van der Waals surface area (Å²) in [6.45, 7) is 6.64. The van der Waals surface area contributed by atoms with Crippen molar-refractivity contribution in [2.75, 3.05) is 13.2 Å². The van der Waals surface area contributed by atoms with Crippen molar-refractivity contribution in [3.8, 4) is 0 Å². The number of carbonyl (C=O) groups excluding carboxylic acids is 3. The van der Waals surface area contributed by atoms with Crippen molar-refractivity contribution < 1.29 is 28.6 Å². The van der Waals surface area contributed by atoms with Gasteiger partial charge in [0, 0.05) is 19.3 Å². The fraction of sp³-hybridized carbons (Fsp3) is 0.836. The van der Waals surface area contributed by atoms with Crippen LogP contribution in [0.1, 0.15) is 342 Å². The van der Waals surface area contributed by atoms with Crippen LogP contribution >= 0.6 is 0 Å². The second kappa shape index (κ2) is 61.9. The second-order valence-electron chi connectivity index (χ2n) is 21.7. The second-order valence-corrected chi connectivity index (χ2v) is 21.7. The van der Waals surface area contributed by atoms with Crippen molar-refractivity contribution in [1.29, 1.82) is 0 Å². The minimum Gasteiger partial charge on any atom is -0.462 e. The van der Waals surface area contributed by atoms with Gasteiger partial charge in [-0.15, -0.1) is 0 Å². The average Bonchev–Trinajstić information content (AvgIpc) is 3.39. The number of carbonyl (C=O) groups is 3. The Morgan fingerprint density at radius 1 is 0.274 bits per heavy atom. The number of hydrogen-bond acceptors (Lipinski definition) is 6. The van der Waals surface area contributed by atoms with Crippen LogP contribution < -0.4 is 0 Å². The Kier molecular flexibility index (Phi) is 59.7. The predicted molar refractivity (Wildman–Crippen MR) is 316 cm³/mol. The highest BCUT2D eigenvalue weighted by Gasteiger charge is 2.19. The molecule has 0 aromatic carbocycles. The molecule has 1 atom stereocenters. The van der Waals surface area contributed by atoms with Crippen molar-refractivity contribution in [2.24, 2.45) is 0 Å². The zero-order valence-electron chi connectivity index (χ0n) is 48.9. The summed E-state index contributed by atoms with van der Waals surface area (Å²) in [5.74, 6) is -0.871. The molecule has 0 N–H and O–H groups in total. The molecule has 1 unspecified atom stereocenters. The van der Waals surface area contributed by atoms with Crippen LogP contribution in [0.25, 0.3) is 0 Å². The van der Waals surface area contributed by atoms with E-state index in [4.69, 9.17) is 14.2 Å². The summed E-state index contributed by atoms with van der Waals surface area (Å²) in [7, 11) is 0. The lowest BCUT2D eigenvalue weighted by Crippen LogP contribution is -2.30. The Hall–Kier alpha value is -2.63. The Labute approximate surface area is 454 Å². The van der Waals surface area contributed by atoms with Gasteiger partial charge in [-0.3, -0.25) is 14.4 Å². The molecule has 0 fully saturated rings. The van der Waals surface area contributed by atoms with Gasteiger partial charge >= 0.3 is 17.9 Å². The molecule has 0 saturated heterocycles. The predicted octanol–water partition coefficient (Wildman–Crippen LogP) is 21.8. The summed E-state index contributed by atoms with van der Waals surface area (Å²) in [5, 5.41) is 0. The van der Waals surface area contributed by atoms with E-state index in [0.717, 1.165) is 70.6 Å². The third-order valence-corrected chi connectivity index (χ3v) is 14.3. The summed E-state index contributed by atoms with van der Waals surface area (Å²) in [6, 6.07) is 0. The number of rotatable bonds is 59. The van der Waals surface area contributed by atoms with E-state index >= 15 is 0 Å². The van der Waals surface area contributed by atoms with Crippen LogP contribution in [0.15, 0.2) is 48.6 Å². The van der Waals surface area contributed by atoms with Crippen molar-refractivity contribution in [3.63, 3.8) is 0 Å². The minimum atomic E-state index is -0.778. The first-order chi connectivity index (χ1) is 36.0. The van der Waals surface area contributed by atoms with Crippen LogP contribution in [0.4, 0.5) is 0 Å². The zero-order valence-corrected chi connectivity index (χ0v) is 48.9. The Bertz CT molecular complexity index is 1270. The molecule has 0 bridgehead atoms. The van der Waals surface area contributed by atoms with Crippen molar-refractivity contribution in [1.82, 2.24) is 0 Å². The molecule has 426 valence electrons. The van der Waals surface area contributed by atoms with Crippen LogP contribution in [0.5, 0.6) is 0 Å². The van der Waals surface area contributed by atoms with E-state index in [0.29, 0.717) is 19.3 Å². The average molecular weight is 1020 g/mol. The van der Waals surface area contributed by atoms with E-state index in [1.165, 1.54) is 231 Å². The molecule has 73 heavy (non-hydrogen) atoms. The van der Waals surface area contributed by atoms with Crippen molar-refractivity contribution in [3.05, 3.63) is 48.6 Å². The standard InChI is InChI=1S/C67H122O6/c1-4-7-10-13-16-19-22-25-27-29-30-31-32-33-34-35-36-38-39-42-45-48-51-54-57-60-66(69)72-63-64(62-71-65(68)59-56-53-50-47-44-41-24-21-18-15-12-9-6-3)73-67(70)61-58-55-52-49-46-43-40-37-28-26-23-20-17-14-11-8-5-2/h21-22,24-26,28-30,64H,4-20,23,27,31-63H2,1-3H3/b24-21-,25-22-,28-26-,30-29-. The van der Waals surface area contributed by atoms with Gasteiger partial charge in [-0.05, 0) is 103 Å². The lowest BCUT2D eigenvalue weighted by molar-refractivity contribution is -0.167. The largest absolute Gasteiger partial charge is 0.462 e. The van der Waals surface area contributed by atoms with Crippen LogP contribution in [-0.4, -0.2) is 37.2 Å². The summed E-state index contributed by atoms with van der Waals surface area (Å²) < 4.78 is 16.9. The molecule has 0 aromatic heterocycles. The van der Waals surface area contributed by atoms with E-state index in [9.17, 15) is 14.4 Å². The minimum absolute atomic E-state index is 0.0753. The maximum Gasteiger partial charge on any atom is 0.306 e. The number of allylic oxidation sites excluding steroid dienone is 8. The first-order valence-corrected chi connectivity index (χ1v) is 32.1.